The summed E-state index contributed by atoms with van der Waals surface area (Å²) in [4.78, 5) is 26.9. The van der Waals surface area contributed by atoms with Crippen LogP contribution in [-0.4, -0.2) is 55.1 Å². The van der Waals surface area contributed by atoms with Gasteiger partial charge in [0.1, 0.15) is 6.04 Å². The average Bonchev–Trinajstić information content (AvgIpc) is 2.84. The molecule has 3 atom stereocenters. The molecule has 2 aliphatic rings. The van der Waals surface area contributed by atoms with Gasteiger partial charge in [-0.15, -0.1) is 0 Å². The Bertz CT molecular complexity index is 402. The largest absolute Gasteiger partial charge is 0.377 e. The van der Waals surface area contributed by atoms with Gasteiger partial charge < -0.3 is 20.7 Å². The van der Waals surface area contributed by atoms with Crippen LogP contribution in [0.15, 0.2) is 0 Å². The maximum Gasteiger partial charge on any atom is 0.245 e. The molecule has 1 heterocycles. The van der Waals surface area contributed by atoms with E-state index in [0.29, 0.717) is 19.7 Å². The standard InChI is InChI=1S/C15H27N3O3/c1-3-7-17-13(19)11-10-21-9-8-18(11)14(20)15(2)6-4-5-12(15)16/h11-12H,3-10,16H2,1-2H3,(H,17,19). The predicted octanol–water partition coefficient (Wildman–Crippen LogP) is 0.258. The van der Waals surface area contributed by atoms with E-state index < -0.39 is 11.5 Å². The molecule has 3 unspecified atom stereocenters. The topological polar surface area (TPSA) is 84.7 Å². The molecule has 1 aliphatic carbocycles. The summed E-state index contributed by atoms with van der Waals surface area (Å²) in [5.74, 6) is -0.118. The van der Waals surface area contributed by atoms with Crippen molar-refractivity contribution in [2.75, 3.05) is 26.3 Å². The molecule has 1 saturated heterocycles. The number of rotatable bonds is 4. The summed E-state index contributed by atoms with van der Waals surface area (Å²) in [7, 11) is 0. The van der Waals surface area contributed by atoms with E-state index in [4.69, 9.17) is 10.5 Å². The molecule has 2 amide bonds. The van der Waals surface area contributed by atoms with Gasteiger partial charge in [-0.25, -0.2) is 0 Å². The molecule has 120 valence electrons. The van der Waals surface area contributed by atoms with Crippen LogP contribution in [0.2, 0.25) is 0 Å². The zero-order valence-electron chi connectivity index (χ0n) is 13.1. The molecule has 3 N–H and O–H groups in total. The van der Waals surface area contributed by atoms with Gasteiger partial charge in [0.2, 0.25) is 11.8 Å². The second kappa shape index (κ2) is 6.75. The number of ether oxygens (including phenoxy) is 1. The molecule has 0 spiro atoms. The summed E-state index contributed by atoms with van der Waals surface area (Å²) in [5.41, 5.74) is 5.60. The molecule has 0 radical (unpaired) electrons. The monoisotopic (exact) mass is 297 g/mol. The highest BCUT2D eigenvalue weighted by Crippen LogP contribution is 2.39. The molecule has 0 aromatic carbocycles. The number of nitrogens with zero attached hydrogens (tertiary/aromatic N) is 1. The van der Waals surface area contributed by atoms with Crippen molar-refractivity contribution < 1.29 is 14.3 Å². The fourth-order valence-corrected chi connectivity index (χ4v) is 3.22. The van der Waals surface area contributed by atoms with Crippen LogP contribution in [0.1, 0.15) is 39.5 Å². The van der Waals surface area contributed by atoms with Crippen molar-refractivity contribution in [2.45, 2.75) is 51.6 Å². The second-order valence-corrected chi connectivity index (χ2v) is 6.30. The lowest BCUT2D eigenvalue weighted by molar-refractivity contribution is -0.156. The van der Waals surface area contributed by atoms with E-state index in [1.807, 2.05) is 13.8 Å². The van der Waals surface area contributed by atoms with Gasteiger partial charge in [0.15, 0.2) is 0 Å². The number of morpholine rings is 1. The molecule has 0 aromatic rings. The van der Waals surface area contributed by atoms with Crippen molar-refractivity contribution in [3.8, 4) is 0 Å². The van der Waals surface area contributed by atoms with Crippen molar-refractivity contribution in [3.63, 3.8) is 0 Å². The third kappa shape index (κ3) is 3.21. The third-order valence-electron chi connectivity index (χ3n) is 4.76. The lowest BCUT2D eigenvalue weighted by atomic mass is 9.83. The summed E-state index contributed by atoms with van der Waals surface area (Å²) >= 11 is 0. The van der Waals surface area contributed by atoms with Crippen molar-refractivity contribution >= 4 is 11.8 Å². The van der Waals surface area contributed by atoms with Crippen LogP contribution in [0.4, 0.5) is 0 Å². The molecule has 0 bridgehead atoms. The number of nitrogens with two attached hydrogens (primary N) is 1. The molecule has 2 fully saturated rings. The van der Waals surface area contributed by atoms with Gasteiger partial charge in [-0.3, -0.25) is 9.59 Å². The first-order valence-electron chi connectivity index (χ1n) is 7.93. The Balaban J connectivity index is 2.11. The molecular formula is C15H27N3O3. The summed E-state index contributed by atoms with van der Waals surface area (Å²) in [6.07, 6.45) is 3.52. The summed E-state index contributed by atoms with van der Waals surface area (Å²) in [6.45, 7) is 5.77. The minimum Gasteiger partial charge on any atom is -0.377 e. The first-order valence-corrected chi connectivity index (χ1v) is 7.93. The van der Waals surface area contributed by atoms with Crippen LogP contribution in [0.25, 0.3) is 0 Å². The number of carbonyl (C=O) groups is 2. The first-order chi connectivity index (χ1) is 10.0. The molecule has 1 aliphatic heterocycles. The van der Waals surface area contributed by atoms with Gasteiger partial charge in [0, 0.05) is 19.1 Å². The van der Waals surface area contributed by atoms with Gasteiger partial charge in [-0.1, -0.05) is 13.3 Å². The molecule has 0 aromatic heterocycles. The van der Waals surface area contributed by atoms with Crippen LogP contribution >= 0.6 is 0 Å². The van der Waals surface area contributed by atoms with Gasteiger partial charge in [0.05, 0.1) is 18.6 Å². The zero-order valence-corrected chi connectivity index (χ0v) is 13.1. The Morgan fingerprint density at radius 1 is 1.48 bits per heavy atom. The van der Waals surface area contributed by atoms with Gasteiger partial charge in [-0.2, -0.15) is 0 Å². The quantitative estimate of drug-likeness (QED) is 0.779. The van der Waals surface area contributed by atoms with Crippen LogP contribution < -0.4 is 11.1 Å². The number of amides is 2. The van der Waals surface area contributed by atoms with E-state index in [0.717, 1.165) is 25.7 Å². The third-order valence-corrected chi connectivity index (χ3v) is 4.76. The normalized spacial score (nSPS) is 33.0. The van der Waals surface area contributed by atoms with Crippen molar-refractivity contribution in [3.05, 3.63) is 0 Å². The van der Waals surface area contributed by atoms with Gasteiger partial charge in [0.25, 0.3) is 0 Å². The molecule has 6 heteroatoms. The fourth-order valence-electron chi connectivity index (χ4n) is 3.22. The number of hydrogen-bond acceptors (Lipinski definition) is 4. The highest BCUT2D eigenvalue weighted by molar-refractivity contribution is 5.90. The predicted molar refractivity (Wildman–Crippen MR) is 79.6 cm³/mol. The number of carbonyl (C=O) groups excluding carboxylic acids is 2. The summed E-state index contributed by atoms with van der Waals surface area (Å²) < 4.78 is 5.40. The smallest absolute Gasteiger partial charge is 0.245 e. The van der Waals surface area contributed by atoms with E-state index >= 15 is 0 Å². The highest BCUT2D eigenvalue weighted by Gasteiger charge is 2.47. The Morgan fingerprint density at radius 2 is 2.24 bits per heavy atom. The maximum absolute atomic E-state index is 12.9. The van der Waals surface area contributed by atoms with E-state index in [2.05, 4.69) is 5.32 Å². The highest BCUT2D eigenvalue weighted by atomic mass is 16.5. The number of nitrogens with one attached hydrogen (secondary N) is 1. The Morgan fingerprint density at radius 3 is 2.86 bits per heavy atom. The van der Waals surface area contributed by atoms with E-state index in [1.54, 1.807) is 4.90 Å². The Labute approximate surface area is 126 Å². The van der Waals surface area contributed by atoms with Crippen LogP contribution in [0, 0.1) is 5.41 Å². The lowest BCUT2D eigenvalue weighted by Gasteiger charge is -2.40. The van der Waals surface area contributed by atoms with Gasteiger partial charge in [-0.05, 0) is 26.2 Å². The van der Waals surface area contributed by atoms with Crippen LogP contribution in [0.3, 0.4) is 0 Å². The summed E-state index contributed by atoms with van der Waals surface area (Å²) in [5, 5.41) is 2.86. The van der Waals surface area contributed by atoms with Gasteiger partial charge >= 0.3 is 0 Å². The van der Waals surface area contributed by atoms with Crippen molar-refractivity contribution in [1.29, 1.82) is 0 Å². The minimum absolute atomic E-state index is 0.00690. The number of hydrogen-bond donors (Lipinski definition) is 2. The second-order valence-electron chi connectivity index (χ2n) is 6.30. The van der Waals surface area contributed by atoms with Crippen molar-refractivity contribution in [1.82, 2.24) is 10.2 Å². The average molecular weight is 297 g/mol. The van der Waals surface area contributed by atoms with E-state index in [9.17, 15) is 9.59 Å². The minimum atomic E-state index is -0.541. The maximum atomic E-state index is 12.9. The molecule has 6 nitrogen and oxygen atoms in total. The first kappa shape index (κ1) is 16.2. The SMILES string of the molecule is CCCNC(=O)C1COCCN1C(=O)C1(C)CCCC1N. The Hall–Kier alpha value is -1.14. The Kier molecular flexibility index (Phi) is 5.22. The molecule has 1 saturated carbocycles. The molecule has 21 heavy (non-hydrogen) atoms. The molecule has 2 rings (SSSR count). The molecular weight excluding hydrogens is 270 g/mol. The van der Waals surface area contributed by atoms with Crippen molar-refractivity contribution in [2.24, 2.45) is 11.1 Å². The van der Waals surface area contributed by atoms with E-state index in [-0.39, 0.29) is 24.5 Å². The zero-order chi connectivity index (χ0) is 15.5. The lowest BCUT2D eigenvalue weighted by Crippen LogP contribution is -2.60. The fraction of sp³-hybridized carbons (Fsp3) is 0.867. The van der Waals surface area contributed by atoms with Crippen LogP contribution in [0.5, 0.6) is 0 Å². The van der Waals surface area contributed by atoms with Crippen LogP contribution in [-0.2, 0) is 14.3 Å². The summed E-state index contributed by atoms with van der Waals surface area (Å²) in [6, 6.07) is -0.644. The van der Waals surface area contributed by atoms with E-state index in [1.165, 1.54) is 0 Å².